The van der Waals surface area contributed by atoms with Crippen LogP contribution in [-0.4, -0.2) is 32.3 Å². The van der Waals surface area contributed by atoms with Crippen molar-refractivity contribution in [2.24, 2.45) is 15.7 Å². The lowest BCUT2D eigenvalue weighted by atomic mass is 10.3. The summed E-state index contributed by atoms with van der Waals surface area (Å²) in [4.78, 5) is 7.97. The van der Waals surface area contributed by atoms with Crippen LogP contribution in [0.25, 0.3) is 0 Å². The molecule has 0 spiro atoms. The van der Waals surface area contributed by atoms with Gasteiger partial charge in [-0.25, -0.2) is 4.99 Å². The van der Waals surface area contributed by atoms with Crippen molar-refractivity contribution in [2.75, 3.05) is 19.8 Å². The van der Waals surface area contributed by atoms with E-state index in [-0.39, 0.29) is 0 Å². The van der Waals surface area contributed by atoms with E-state index in [1.165, 1.54) is 0 Å². The standard InChI is InChI=1S/C11H20ClN3O/c1-4-16-8-6-5-7-15-11(14-3)10(12)9(2)13/h3-8,13H2,1-2H3. The quantitative estimate of drug-likeness (QED) is 0.425. The van der Waals surface area contributed by atoms with Crippen LogP contribution in [0.3, 0.4) is 0 Å². The number of allylic oxidation sites excluding steroid dienone is 1. The molecule has 0 radical (unpaired) electrons. The first-order chi connectivity index (χ1) is 7.63. The second-order valence-corrected chi connectivity index (χ2v) is 3.64. The summed E-state index contributed by atoms with van der Waals surface area (Å²) in [5, 5.41) is 0.375. The molecule has 2 N–H and O–H groups in total. The molecule has 92 valence electrons. The third-order valence-electron chi connectivity index (χ3n) is 1.85. The third-order valence-corrected chi connectivity index (χ3v) is 2.32. The molecule has 0 aliphatic carbocycles. The van der Waals surface area contributed by atoms with Gasteiger partial charge in [0.2, 0.25) is 0 Å². The molecule has 0 atom stereocenters. The van der Waals surface area contributed by atoms with E-state index in [0.717, 1.165) is 26.1 Å². The Hall–Kier alpha value is -0.870. The van der Waals surface area contributed by atoms with Gasteiger partial charge in [-0.15, -0.1) is 0 Å². The first-order valence-corrected chi connectivity index (χ1v) is 5.72. The second kappa shape index (κ2) is 9.36. The highest BCUT2D eigenvalue weighted by molar-refractivity contribution is 6.43. The number of halogens is 1. The maximum Gasteiger partial charge on any atom is 0.167 e. The monoisotopic (exact) mass is 245 g/mol. The summed E-state index contributed by atoms with van der Waals surface area (Å²) in [5.74, 6) is 0.415. The number of aliphatic imine (C=N–C) groups is 2. The average Bonchev–Trinajstić information content (AvgIpc) is 2.27. The lowest BCUT2D eigenvalue weighted by Crippen LogP contribution is -2.04. The van der Waals surface area contributed by atoms with Crippen molar-refractivity contribution >= 4 is 24.2 Å². The minimum absolute atomic E-state index is 0.375. The van der Waals surface area contributed by atoms with E-state index in [4.69, 9.17) is 22.1 Å². The van der Waals surface area contributed by atoms with Crippen LogP contribution in [0, 0.1) is 0 Å². The molecule has 5 heteroatoms. The fourth-order valence-corrected chi connectivity index (χ4v) is 1.13. The van der Waals surface area contributed by atoms with Crippen molar-refractivity contribution in [3.05, 3.63) is 10.7 Å². The highest BCUT2D eigenvalue weighted by Crippen LogP contribution is 2.09. The summed E-state index contributed by atoms with van der Waals surface area (Å²) in [6, 6.07) is 0. The van der Waals surface area contributed by atoms with Crippen molar-refractivity contribution in [1.29, 1.82) is 0 Å². The minimum Gasteiger partial charge on any atom is -0.401 e. The van der Waals surface area contributed by atoms with Gasteiger partial charge in [0.15, 0.2) is 5.84 Å². The summed E-state index contributed by atoms with van der Waals surface area (Å²) < 4.78 is 5.21. The van der Waals surface area contributed by atoms with Gasteiger partial charge in [0.25, 0.3) is 0 Å². The van der Waals surface area contributed by atoms with Crippen LogP contribution >= 0.6 is 11.6 Å². The Bertz CT molecular complexity index is 270. The normalized spacial score (nSPS) is 13.6. The molecule has 0 aromatic rings. The van der Waals surface area contributed by atoms with Gasteiger partial charge in [-0.1, -0.05) is 11.6 Å². The third kappa shape index (κ3) is 6.58. The Labute approximate surface area is 102 Å². The number of unbranched alkanes of at least 4 members (excludes halogenated alkanes) is 1. The highest BCUT2D eigenvalue weighted by atomic mass is 35.5. The van der Waals surface area contributed by atoms with Crippen molar-refractivity contribution in [3.8, 4) is 0 Å². The first-order valence-electron chi connectivity index (χ1n) is 5.34. The molecule has 0 bridgehead atoms. The zero-order valence-electron chi connectivity index (χ0n) is 10.0. The Morgan fingerprint density at radius 2 is 2.12 bits per heavy atom. The molecule has 0 saturated carbocycles. The van der Waals surface area contributed by atoms with E-state index in [1.807, 2.05) is 6.92 Å². The zero-order valence-corrected chi connectivity index (χ0v) is 10.8. The lowest BCUT2D eigenvalue weighted by molar-refractivity contribution is 0.144. The predicted octanol–water partition coefficient (Wildman–Crippen LogP) is 2.33. The number of hydrogen-bond acceptors (Lipinski definition) is 3. The van der Waals surface area contributed by atoms with Crippen molar-refractivity contribution in [2.45, 2.75) is 26.7 Å². The van der Waals surface area contributed by atoms with Gasteiger partial charge in [0.05, 0.1) is 0 Å². The van der Waals surface area contributed by atoms with E-state index in [2.05, 4.69) is 16.7 Å². The van der Waals surface area contributed by atoms with Crippen LogP contribution < -0.4 is 5.73 Å². The van der Waals surface area contributed by atoms with E-state index in [9.17, 15) is 0 Å². The molecule has 0 heterocycles. The second-order valence-electron chi connectivity index (χ2n) is 3.26. The Morgan fingerprint density at radius 1 is 1.44 bits per heavy atom. The number of rotatable bonds is 7. The molecule has 0 rings (SSSR count). The smallest absolute Gasteiger partial charge is 0.167 e. The molecule has 0 fully saturated rings. The maximum atomic E-state index is 5.91. The fraction of sp³-hybridized carbons (Fsp3) is 0.636. The molecule has 0 saturated heterocycles. The van der Waals surface area contributed by atoms with Crippen LogP contribution in [-0.2, 0) is 4.74 Å². The van der Waals surface area contributed by atoms with Gasteiger partial charge < -0.3 is 10.5 Å². The molecular weight excluding hydrogens is 226 g/mol. The van der Waals surface area contributed by atoms with Crippen molar-refractivity contribution in [3.63, 3.8) is 0 Å². The molecule has 0 unspecified atom stereocenters. The van der Waals surface area contributed by atoms with Crippen molar-refractivity contribution in [1.82, 2.24) is 0 Å². The fourth-order valence-electron chi connectivity index (χ4n) is 1.01. The molecular formula is C11H20ClN3O. The molecule has 0 amide bonds. The lowest BCUT2D eigenvalue weighted by Gasteiger charge is -2.02. The topological polar surface area (TPSA) is 60.0 Å². The maximum absolute atomic E-state index is 5.91. The van der Waals surface area contributed by atoms with Gasteiger partial charge in [0, 0.05) is 25.5 Å². The van der Waals surface area contributed by atoms with Gasteiger partial charge >= 0.3 is 0 Å². The number of hydrogen-bond donors (Lipinski definition) is 1. The summed E-state index contributed by atoms with van der Waals surface area (Å²) in [5.41, 5.74) is 6.04. The number of ether oxygens (including phenoxy) is 1. The van der Waals surface area contributed by atoms with Crippen molar-refractivity contribution < 1.29 is 4.74 Å². The largest absolute Gasteiger partial charge is 0.401 e. The van der Waals surface area contributed by atoms with Crippen LogP contribution in [0.4, 0.5) is 0 Å². The minimum atomic E-state index is 0.375. The summed E-state index contributed by atoms with van der Waals surface area (Å²) in [7, 11) is 0. The van der Waals surface area contributed by atoms with Gasteiger partial charge in [0.1, 0.15) is 5.03 Å². The number of amidine groups is 1. The summed E-state index contributed by atoms with van der Waals surface area (Å²) in [6.45, 7) is 9.28. The SMILES string of the molecule is C=NC(=NCCCCOCC)C(Cl)=C(C)N. The van der Waals surface area contributed by atoms with E-state index in [1.54, 1.807) is 6.92 Å². The van der Waals surface area contributed by atoms with E-state index in [0.29, 0.717) is 23.1 Å². The predicted molar refractivity (Wildman–Crippen MR) is 70.3 cm³/mol. The molecule has 0 aliphatic rings. The van der Waals surface area contributed by atoms with E-state index >= 15 is 0 Å². The number of nitrogens with zero attached hydrogens (tertiary/aromatic N) is 2. The molecule has 4 nitrogen and oxygen atoms in total. The average molecular weight is 246 g/mol. The Kier molecular flexibility index (Phi) is 8.85. The van der Waals surface area contributed by atoms with Gasteiger partial charge in [-0.2, -0.15) is 0 Å². The van der Waals surface area contributed by atoms with Crippen LogP contribution in [0.15, 0.2) is 20.7 Å². The summed E-state index contributed by atoms with van der Waals surface area (Å²) in [6.07, 6.45) is 1.91. The molecule has 0 aromatic heterocycles. The van der Waals surface area contributed by atoms with Crippen LogP contribution in [0.2, 0.25) is 0 Å². The van der Waals surface area contributed by atoms with Crippen LogP contribution in [0.1, 0.15) is 26.7 Å². The van der Waals surface area contributed by atoms with Gasteiger partial charge in [-0.3, -0.25) is 4.99 Å². The molecule has 0 aromatic carbocycles. The highest BCUT2D eigenvalue weighted by Gasteiger charge is 2.03. The number of nitrogens with two attached hydrogens (primary N) is 1. The molecule has 0 aliphatic heterocycles. The Morgan fingerprint density at radius 3 is 2.62 bits per heavy atom. The van der Waals surface area contributed by atoms with Crippen LogP contribution in [0.5, 0.6) is 0 Å². The Balaban J connectivity index is 4.00. The first kappa shape index (κ1) is 15.1. The summed E-state index contributed by atoms with van der Waals surface area (Å²) >= 11 is 5.91. The zero-order chi connectivity index (χ0) is 12.4. The molecule has 16 heavy (non-hydrogen) atoms. The van der Waals surface area contributed by atoms with Gasteiger partial charge in [-0.05, 0) is 33.4 Å². The van der Waals surface area contributed by atoms with E-state index < -0.39 is 0 Å².